The van der Waals surface area contributed by atoms with E-state index in [1.807, 2.05) is 13.8 Å². The summed E-state index contributed by atoms with van der Waals surface area (Å²) in [4.78, 5) is 25.8. The van der Waals surface area contributed by atoms with E-state index in [1.165, 1.54) is 0 Å². The highest BCUT2D eigenvalue weighted by atomic mass is 16.2. The summed E-state index contributed by atoms with van der Waals surface area (Å²) in [5, 5.41) is 6.10. The maximum atomic E-state index is 12.5. The van der Waals surface area contributed by atoms with Crippen LogP contribution in [0.15, 0.2) is 0 Å². The number of amides is 2. The Hall–Kier alpha value is -1.10. The number of hydrogen-bond donors (Lipinski definition) is 2. The van der Waals surface area contributed by atoms with Crippen LogP contribution >= 0.6 is 0 Å². The monoisotopic (exact) mass is 267 g/mol. The van der Waals surface area contributed by atoms with Crippen molar-refractivity contribution in [1.82, 2.24) is 15.5 Å². The van der Waals surface area contributed by atoms with E-state index in [-0.39, 0.29) is 29.7 Å². The van der Waals surface area contributed by atoms with Crippen molar-refractivity contribution >= 4 is 11.8 Å². The van der Waals surface area contributed by atoms with Crippen LogP contribution in [0.25, 0.3) is 0 Å². The van der Waals surface area contributed by atoms with Gasteiger partial charge >= 0.3 is 0 Å². The van der Waals surface area contributed by atoms with Gasteiger partial charge in [0.1, 0.15) is 0 Å². The van der Waals surface area contributed by atoms with Crippen LogP contribution in [0.5, 0.6) is 0 Å². The van der Waals surface area contributed by atoms with Crippen LogP contribution in [0.1, 0.15) is 33.1 Å². The first-order chi connectivity index (χ1) is 9.13. The molecule has 1 unspecified atom stereocenters. The Bertz CT molecular complexity index is 351. The van der Waals surface area contributed by atoms with Crippen LogP contribution in [0.4, 0.5) is 0 Å². The van der Waals surface area contributed by atoms with Gasteiger partial charge in [-0.05, 0) is 51.6 Å². The van der Waals surface area contributed by atoms with Crippen LogP contribution < -0.4 is 10.6 Å². The van der Waals surface area contributed by atoms with Crippen molar-refractivity contribution in [3.8, 4) is 0 Å². The number of nitrogens with zero attached hydrogens (tertiary/aromatic N) is 1. The van der Waals surface area contributed by atoms with E-state index in [0.29, 0.717) is 13.1 Å². The molecule has 0 bridgehead atoms. The third-order valence-electron chi connectivity index (χ3n) is 4.49. The fraction of sp³-hybridized carbons (Fsp3) is 0.857. The minimum absolute atomic E-state index is 0.0577. The fourth-order valence-corrected chi connectivity index (χ4v) is 3.17. The number of likely N-dealkylation sites (N-methyl/N-ethyl adjacent to an activating group) is 2. The minimum atomic E-state index is -0.0577. The molecule has 108 valence electrons. The van der Waals surface area contributed by atoms with E-state index >= 15 is 0 Å². The van der Waals surface area contributed by atoms with Crippen molar-refractivity contribution in [3.05, 3.63) is 0 Å². The Balaban J connectivity index is 1.89. The number of piperidine rings is 1. The largest absolute Gasteiger partial charge is 0.355 e. The zero-order valence-corrected chi connectivity index (χ0v) is 12.0. The summed E-state index contributed by atoms with van der Waals surface area (Å²) in [7, 11) is 0. The number of nitrogens with one attached hydrogen (secondary N) is 2. The Labute approximate surface area is 115 Å². The highest BCUT2D eigenvalue weighted by Crippen LogP contribution is 2.59. The van der Waals surface area contributed by atoms with Crippen molar-refractivity contribution in [2.75, 3.05) is 32.7 Å². The molecule has 2 amide bonds. The predicted octanol–water partition coefficient (Wildman–Crippen LogP) is 0.361. The first-order valence-corrected chi connectivity index (χ1v) is 7.39. The van der Waals surface area contributed by atoms with E-state index in [1.54, 1.807) is 4.90 Å². The predicted molar refractivity (Wildman–Crippen MR) is 73.6 cm³/mol. The Morgan fingerprint density at radius 2 is 2.00 bits per heavy atom. The molecule has 1 aliphatic carbocycles. The standard InChI is InChI=1S/C14H25N3O2/c1-3-16-12(18)10-17(4-2)13(19)11-9-14(11)5-7-15-8-6-14/h11,15H,3-10H2,1-2H3,(H,16,18). The molecule has 1 saturated carbocycles. The molecule has 1 spiro atoms. The zero-order valence-electron chi connectivity index (χ0n) is 12.0. The van der Waals surface area contributed by atoms with Crippen molar-refractivity contribution in [2.24, 2.45) is 11.3 Å². The Morgan fingerprint density at radius 1 is 1.32 bits per heavy atom. The second kappa shape index (κ2) is 5.90. The van der Waals surface area contributed by atoms with Gasteiger partial charge in [0.15, 0.2) is 0 Å². The quantitative estimate of drug-likeness (QED) is 0.756. The van der Waals surface area contributed by atoms with Crippen molar-refractivity contribution in [1.29, 1.82) is 0 Å². The Morgan fingerprint density at radius 3 is 2.58 bits per heavy atom. The lowest BCUT2D eigenvalue weighted by Gasteiger charge is -2.26. The fourth-order valence-electron chi connectivity index (χ4n) is 3.17. The second-order valence-electron chi connectivity index (χ2n) is 5.68. The van der Waals surface area contributed by atoms with Gasteiger partial charge < -0.3 is 15.5 Å². The van der Waals surface area contributed by atoms with Crippen molar-refractivity contribution in [2.45, 2.75) is 33.1 Å². The molecule has 1 saturated heterocycles. The minimum Gasteiger partial charge on any atom is -0.355 e. The molecule has 0 radical (unpaired) electrons. The normalized spacial score (nSPS) is 24.0. The van der Waals surface area contributed by atoms with Gasteiger partial charge in [0.05, 0.1) is 6.54 Å². The number of carbonyl (C=O) groups is 2. The summed E-state index contributed by atoms with van der Waals surface area (Å²) in [6.45, 7) is 7.30. The van der Waals surface area contributed by atoms with Crippen molar-refractivity contribution < 1.29 is 9.59 Å². The molecular weight excluding hydrogens is 242 g/mol. The smallest absolute Gasteiger partial charge is 0.239 e. The van der Waals surface area contributed by atoms with E-state index in [4.69, 9.17) is 0 Å². The van der Waals surface area contributed by atoms with E-state index in [0.717, 1.165) is 32.4 Å². The average Bonchev–Trinajstić information content (AvgIpc) is 3.10. The number of carbonyl (C=O) groups excluding carboxylic acids is 2. The van der Waals surface area contributed by atoms with E-state index in [2.05, 4.69) is 10.6 Å². The van der Waals surface area contributed by atoms with Gasteiger partial charge in [0, 0.05) is 19.0 Å². The molecule has 19 heavy (non-hydrogen) atoms. The van der Waals surface area contributed by atoms with Crippen LogP contribution in [-0.2, 0) is 9.59 Å². The van der Waals surface area contributed by atoms with Gasteiger partial charge in [0.25, 0.3) is 0 Å². The van der Waals surface area contributed by atoms with Gasteiger partial charge in [-0.3, -0.25) is 9.59 Å². The number of hydrogen-bond acceptors (Lipinski definition) is 3. The lowest BCUT2D eigenvalue weighted by atomic mass is 9.91. The maximum absolute atomic E-state index is 12.5. The molecule has 5 nitrogen and oxygen atoms in total. The molecule has 2 aliphatic rings. The molecule has 5 heteroatoms. The molecule has 1 heterocycles. The summed E-state index contributed by atoms with van der Waals surface area (Å²) < 4.78 is 0. The molecular formula is C14H25N3O2. The highest BCUT2D eigenvalue weighted by molar-refractivity contribution is 5.87. The van der Waals surface area contributed by atoms with Crippen LogP contribution in [0.3, 0.4) is 0 Å². The Kier molecular flexibility index (Phi) is 4.45. The van der Waals surface area contributed by atoms with Gasteiger partial charge in [-0.25, -0.2) is 0 Å². The average molecular weight is 267 g/mol. The lowest BCUT2D eigenvalue weighted by Crippen LogP contribution is -2.42. The first-order valence-electron chi connectivity index (χ1n) is 7.39. The maximum Gasteiger partial charge on any atom is 0.239 e. The molecule has 1 atom stereocenters. The summed E-state index contributed by atoms with van der Waals surface area (Å²) in [5.41, 5.74) is 0.247. The highest BCUT2D eigenvalue weighted by Gasteiger charge is 2.58. The van der Waals surface area contributed by atoms with Gasteiger partial charge in [-0.2, -0.15) is 0 Å². The van der Waals surface area contributed by atoms with Crippen molar-refractivity contribution in [3.63, 3.8) is 0 Å². The third-order valence-corrected chi connectivity index (χ3v) is 4.49. The van der Waals surface area contributed by atoms with Crippen LogP contribution in [0.2, 0.25) is 0 Å². The molecule has 2 N–H and O–H groups in total. The molecule has 1 aliphatic heterocycles. The summed E-state index contributed by atoms with van der Waals surface area (Å²) >= 11 is 0. The SMILES string of the molecule is CCNC(=O)CN(CC)C(=O)C1CC12CCNCC2. The topological polar surface area (TPSA) is 61.4 Å². The van der Waals surface area contributed by atoms with Gasteiger partial charge in [-0.15, -0.1) is 0 Å². The van der Waals surface area contributed by atoms with Crippen LogP contribution in [-0.4, -0.2) is 49.4 Å². The molecule has 0 aromatic heterocycles. The lowest BCUT2D eigenvalue weighted by molar-refractivity contribution is -0.137. The molecule has 0 aromatic carbocycles. The van der Waals surface area contributed by atoms with Gasteiger partial charge in [-0.1, -0.05) is 0 Å². The molecule has 2 rings (SSSR count). The molecule has 2 fully saturated rings. The summed E-state index contributed by atoms with van der Waals surface area (Å²) in [6.07, 6.45) is 3.21. The summed E-state index contributed by atoms with van der Waals surface area (Å²) in [6, 6.07) is 0. The van der Waals surface area contributed by atoms with Gasteiger partial charge in [0.2, 0.25) is 11.8 Å². The zero-order chi connectivity index (χ0) is 13.9. The molecule has 0 aromatic rings. The van der Waals surface area contributed by atoms with Crippen LogP contribution in [0, 0.1) is 11.3 Å². The third kappa shape index (κ3) is 3.08. The second-order valence-corrected chi connectivity index (χ2v) is 5.68. The number of rotatable bonds is 5. The van der Waals surface area contributed by atoms with E-state index in [9.17, 15) is 9.59 Å². The first kappa shape index (κ1) is 14.3. The van der Waals surface area contributed by atoms with E-state index < -0.39 is 0 Å². The summed E-state index contributed by atoms with van der Waals surface area (Å²) in [5.74, 6) is 0.275.